The molecule has 0 aliphatic carbocycles. The van der Waals surface area contributed by atoms with Gasteiger partial charge in [-0.1, -0.05) is 13.8 Å². The number of hydrogen-bond acceptors (Lipinski definition) is 6. The third-order valence-corrected chi connectivity index (χ3v) is 3.92. The number of nitrogens with zero attached hydrogens (tertiary/aromatic N) is 1. The molecule has 0 saturated heterocycles. The molecule has 1 aliphatic rings. The van der Waals surface area contributed by atoms with E-state index in [9.17, 15) is 8.42 Å². The van der Waals surface area contributed by atoms with Gasteiger partial charge in [0, 0.05) is 12.6 Å². The van der Waals surface area contributed by atoms with Crippen LogP contribution in [0.3, 0.4) is 0 Å². The van der Waals surface area contributed by atoms with E-state index >= 15 is 0 Å². The summed E-state index contributed by atoms with van der Waals surface area (Å²) in [6.45, 7) is 7.65. The van der Waals surface area contributed by atoms with Gasteiger partial charge in [0.1, 0.15) is 18.5 Å². The molecule has 1 aromatic carbocycles. The van der Waals surface area contributed by atoms with Gasteiger partial charge in [-0.3, -0.25) is 4.90 Å². The van der Waals surface area contributed by atoms with Crippen molar-refractivity contribution in [2.24, 2.45) is 0 Å². The second-order valence-corrected chi connectivity index (χ2v) is 7.32. The number of ether oxygens (including phenoxy) is 2. The topological polar surface area (TPSA) is 65.1 Å². The van der Waals surface area contributed by atoms with Gasteiger partial charge in [-0.2, -0.15) is 8.42 Å². The maximum Gasteiger partial charge on any atom is 0.306 e. The van der Waals surface area contributed by atoms with Gasteiger partial charge in [0.15, 0.2) is 11.5 Å². The molecule has 0 fully saturated rings. The predicted molar refractivity (Wildman–Crippen MR) is 88.8 cm³/mol. The number of hydrogen-bond donors (Lipinski definition) is 0. The summed E-state index contributed by atoms with van der Waals surface area (Å²) in [5.74, 6) is 1.37. The Labute approximate surface area is 138 Å². The lowest BCUT2D eigenvalue weighted by Crippen LogP contribution is -2.41. The normalized spacial score (nSPS) is 17.3. The van der Waals surface area contributed by atoms with E-state index in [0.29, 0.717) is 18.1 Å². The maximum absolute atomic E-state index is 11.2. The highest BCUT2D eigenvalue weighted by molar-refractivity contribution is 7.86. The summed E-state index contributed by atoms with van der Waals surface area (Å²) in [7, 11) is -3.56. The van der Waals surface area contributed by atoms with E-state index in [1.807, 2.05) is 0 Å². The molecule has 0 N–H and O–H groups in total. The van der Waals surface area contributed by atoms with E-state index < -0.39 is 10.1 Å². The fraction of sp³-hybridized carbons (Fsp3) is 0.625. The molecule has 1 aliphatic heterocycles. The molecule has 0 aromatic heterocycles. The lowest BCUT2D eigenvalue weighted by molar-refractivity contribution is 0.0585. The molecule has 130 valence electrons. The summed E-state index contributed by atoms with van der Waals surface area (Å²) >= 11 is 0. The summed E-state index contributed by atoms with van der Waals surface area (Å²) in [5, 5.41) is 0. The fourth-order valence-electron chi connectivity index (χ4n) is 2.63. The summed E-state index contributed by atoms with van der Waals surface area (Å²) < 4.78 is 39.0. The third kappa shape index (κ3) is 5.58. The van der Waals surface area contributed by atoms with Gasteiger partial charge in [-0.15, -0.1) is 0 Å². The quantitative estimate of drug-likeness (QED) is 0.675. The van der Waals surface area contributed by atoms with Crippen molar-refractivity contribution < 1.29 is 22.1 Å². The van der Waals surface area contributed by atoms with Gasteiger partial charge in [-0.05, 0) is 38.1 Å². The molecule has 1 atom stereocenters. The number of benzene rings is 1. The van der Waals surface area contributed by atoms with Gasteiger partial charge in [-0.25, -0.2) is 0 Å². The SMILES string of the molecule is CCCN(CCC)CC1COc2ccc(OS(C)(=O)=O)cc2O1. The van der Waals surface area contributed by atoms with Crippen LogP contribution in [0.5, 0.6) is 17.2 Å². The number of rotatable bonds is 8. The van der Waals surface area contributed by atoms with Crippen LogP contribution in [0, 0.1) is 0 Å². The van der Waals surface area contributed by atoms with Gasteiger partial charge in [0.05, 0.1) is 6.26 Å². The molecule has 1 aromatic rings. The Balaban J connectivity index is 2.05. The minimum absolute atomic E-state index is 0.0749. The van der Waals surface area contributed by atoms with Crippen molar-refractivity contribution >= 4 is 10.1 Å². The van der Waals surface area contributed by atoms with Crippen LogP contribution >= 0.6 is 0 Å². The average Bonchev–Trinajstić information content (AvgIpc) is 2.45. The third-order valence-electron chi connectivity index (χ3n) is 3.42. The monoisotopic (exact) mass is 343 g/mol. The van der Waals surface area contributed by atoms with Gasteiger partial charge < -0.3 is 13.7 Å². The lowest BCUT2D eigenvalue weighted by Gasteiger charge is -2.31. The average molecular weight is 343 g/mol. The van der Waals surface area contributed by atoms with Gasteiger partial charge in [0.25, 0.3) is 0 Å². The highest BCUT2D eigenvalue weighted by Gasteiger charge is 2.24. The van der Waals surface area contributed by atoms with Crippen LogP contribution in [0.15, 0.2) is 18.2 Å². The van der Waals surface area contributed by atoms with Crippen molar-refractivity contribution in [3.63, 3.8) is 0 Å². The minimum Gasteiger partial charge on any atom is -0.486 e. The van der Waals surface area contributed by atoms with Crippen LogP contribution < -0.4 is 13.7 Å². The fourth-order valence-corrected chi connectivity index (χ4v) is 3.08. The van der Waals surface area contributed by atoms with E-state index in [2.05, 4.69) is 18.7 Å². The molecule has 23 heavy (non-hydrogen) atoms. The molecule has 2 rings (SSSR count). The highest BCUT2D eigenvalue weighted by atomic mass is 32.2. The molecule has 6 nitrogen and oxygen atoms in total. The molecule has 0 amide bonds. The highest BCUT2D eigenvalue weighted by Crippen LogP contribution is 2.35. The molecule has 1 unspecified atom stereocenters. The maximum atomic E-state index is 11.2. The van der Waals surface area contributed by atoms with Crippen molar-refractivity contribution in [3.8, 4) is 17.2 Å². The Hall–Kier alpha value is -1.47. The minimum atomic E-state index is -3.56. The van der Waals surface area contributed by atoms with Gasteiger partial charge >= 0.3 is 10.1 Å². The molecule has 0 radical (unpaired) electrons. The van der Waals surface area contributed by atoms with Crippen molar-refractivity contribution in [2.75, 3.05) is 32.5 Å². The van der Waals surface area contributed by atoms with E-state index in [1.165, 1.54) is 0 Å². The Bertz CT molecular complexity index is 611. The Kier molecular flexibility index (Phi) is 6.12. The van der Waals surface area contributed by atoms with E-state index in [4.69, 9.17) is 13.7 Å². The van der Waals surface area contributed by atoms with Crippen LogP contribution in [0.2, 0.25) is 0 Å². The second-order valence-electron chi connectivity index (χ2n) is 5.75. The first-order valence-electron chi connectivity index (χ1n) is 7.96. The predicted octanol–water partition coefficient (Wildman–Crippen LogP) is 2.29. The Morgan fingerprint density at radius 3 is 2.52 bits per heavy atom. The number of fused-ring (bicyclic) bond motifs is 1. The summed E-state index contributed by atoms with van der Waals surface area (Å²) in [4.78, 5) is 2.36. The van der Waals surface area contributed by atoms with Crippen LogP contribution in [-0.4, -0.2) is 51.9 Å². The van der Waals surface area contributed by atoms with Crippen LogP contribution in [0.4, 0.5) is 0 Å². The Morgan fingerprint density at radius 2 is 1.91 bits per heavy atom. The van der Waals surface area contributed by atoms with Crippen LogP contribution in [0.1, 0.15) is 26.7 Å². The summed E-state index contributed by atoms with van der Waals surface area (Å²) in [6.07, 6.45) is 3.13. The van der Waals surface area contributed by atoms with Crippen molar-refractivity contribution in [1.82, 2.24) is 4.90 Å². The zero-order valence-corrected chi connectivity index (χ0v) is 14.8. The van der Waals surface area contributed by atoms with Crippen molar-refractivity contribution in [1.29, 1.82) is 0 Å². The molecule has 0 saturated carbocycles. The molecule has 1 heterocycles. The molecule has 7 heteroatoms. The van der Waals surface area contributed by atoms with Crippen molar-refractivity contribution in [2.45, 2.75) is 32.8 Å². The molecular weight excluding hydrogens is 318 g/mol. The first-order chi connectivity index (χ1) is 10.9. The molecule has 0 spiro atoms. The lowest BCUT2D eigenvalue weighted by atomic mass is 10.2. The molecule has 0 bridgehead atoms. The standard InChI is InChI=1S/C16H25NO5S/c1-4-8-17(9-5-2)11-14-12-20-15-7-6-13(10-16(15)21-14)22-23(3,18)19/h6-7,10,14H,4-5,8-9,11-12H2,1-3H3. The van der Waals surface area contributed by atoms with E-state index in [-0.39, 0.29) is 11.9 Å². The van der Waals surface area contributed by atoms with E-state index in [1.54, 1.807) is 18.2 Å². The molecular formula is C16H25NO5S. The second kappa shape index (κ2) is 7.88. The van der Waals surface area contributed by atoms with Crippen LogP contribution in [0.25, 0.3) is 0 Å². The van der Waals surface area contributed by atoms with E-state index in [0.717, 1.165) is 38.7 Å². The summed E-state index contributed by atoms with van der Waals surface area (Å²) in [6, 6.07) is 4.79. The zero-order chi connectivity index (χ0) is 16.9. The zero-order valence-electron chi connectivity index (χ0n) is 13.9. The smallest absolute Gasteiger partial charge is 0.306 e. The van der Waals surface area contributed by atoms with Gasteiger partial charge in [0.2, 0.25) is 0 Å². The van der Waals surface area contributed by atoms with Crippen molar-refractivity contribution in [3.05, 3.63) is 18.2 Å². The van der Waals surface area contributed by atoms with Crippen LogP contribution in [-0.2, 0) is 10.1 Å². The first kappa shape index (κ1) is 17.9. The Morgan fingerprint density at radius 1 is 1.22 bits per heavy atom. The summed E-state index contributed by atoms with van der Waals surface area (Å²) in [5.41, 5.74) is 0. The first-order valence-corrected chi connectivity index (χ1v) is 9.78. The largest absolute Gasteiger partial charge is 0.486 e.